The molecule has 1 aromatic rings. The van der Waals surface area contributed by atoms with Gasteiger partial charge in [-0.15, -0.1) is 0 Å². The predicted molar refractivity (Wildman–Crippen MR) is 59.0 cm³/mol. The van der Waals surface area contributed by atoms with Crippen molar-refractivity contribution in [2.24, 2.45) is 5.14 Å². The maximum Gasteiger partial charge on any atom is 0.255 e. The number of amides is 1. The van der Waals surface area contributed by atoms with Gasteiger partial charge in [0.2, 0.25) is 10.0 Å². The summed E-state index contributed by atoms with van der Waals surface area (Å²) >= 11 is 0. The second-order valence-corrected chi connectivity index (χ2v) is 5.24. The molecule has 1 aliphatic rings. The average molecular weight is 240 g/mol. The largest absolute Gasteiger partial charge is 0.317 e. The first-order chi connectivity index (χ1) is 7.46. The third kappa shape index (κ3) is 1.50. The minimum Gasteiger partial charge on any atom is -0.317 e. The van der Waals surface area contributed by atoms with E-state index < -0.39 is 15.4 Å². The van der Waals surface area contributed by atoms with Crippen molar-refractivity contribution in [1.29, 1.82) is 0 Å². The SMILES string of the molecule is CCN1C(=O)c2ccccc2C1S(N)(=O)=O. The molecule has 1 unspecified atom stereocenters. The smallest absolute Gasteiger partial charge is 0.255 e. The maximum atomic E-state index is 11.9. The Morgan fingerprint density at radius 2 is 2.00 bits per heavy atom. The molecular weight excluding hydrogens is 228 g/mol. The van der Waals surface area contributed by atoms with Gasteiger partial charge in [-0.2, -0.15) is 0 Å². The number of nitrogens with zero attached hydrogens (tertiary/aromatic N) is 1. The molecule has 6 heteroatoms. The van der Waals surface area contributed by atoms with Gasteiger partial charge in [0, 0.05) is 17.7 Å². The van der Waals surface area contributed by atoms with Crippen LogP contribution in [0.3, 0.4) is 0 Å². The Labute approximate surface area is 93.9 Å². The minimum absolute atomic E-state index is 0.280. The first-order valence-electron chi connectivity index (χ1n) is 4.88. The van der Waals surface area contributed by atoms with Crippen LogP contribution in [0.5, 0.6) is 0 Å². The Morgan fingerprint density at radius 3 is 2.56 bits per heavy atom. The maximum absolute atomic E-state index is 11.9. The highest BCUT2D eigenvalue weighted by atomic mass is 32.2. The van der Waals surface area contributed by atoms with E-state index in [1.165, 1.54) is 4.90 Å². The van der Waals surface area contributed by atoms with E-state index in [0.29, 0.717) is 17.7 Å². The number of rotatable bonds is 2. The fraction of sp³-hybridized carbons (Fsp3) is 0.300. The molecule has 2 rings (SSSR count). The van der Waals surface area contributed by atoms with E-state index in [9.17, 15) is 13.2 Å². The van der Waals surface area contributed by atoms with Crippen molar-refractivity contribution in [3.63, 3.8) is 0 Å². The highest BCUT2D eigenvalue weighted by Crippen LogP contribution is 2.35. The molecule has 0 saturated carbocycles. The van der Waals surface area contributed by atoms with Gasteiger partial charge in [-0.1, -0.05) is 18.2 Å². The number of primary sulfonamides is 1. The Kier molecular flexibility index (Phi) is 2.47. The van der Waals surface area contributed by atoms with Crippen LogP contribution >= 0.6 is 0 Å². The van der Waals surface area contributed by atoms with Crippen molar-refractivity contribution in [3.05, 3.63) is 35.4 Å². The number of sulfonamides is 1. The van der Waals surface area contributed by atoms with Gasteiger partial charge in [-0.25, -0.2) is 13.6 Å². The topological polar surface area (TPSA) is 80.5 Å². The second kappa shape index (κ2) is 3.57. The summed E-state index contributed by atoms with van der Waals surface area (Å²) in [6.07, 6.45) is 0. The van der Waals surface area contributed by atoms with E-state index in [1.54, 1.807) is 31.2 Å². The summed E-state index contributed by atoms with van der Waals surface area (Å²) in [5.41, 5.74) is 0.889. The van der Waals surface area contributed by atoms with E-state index in [4.69, 9.17) is 5.14 Å². The van der Waals surface area contributed by atoms with Crippen LogP contribution in [-0.2, 0) is 10.0 Å². The highest BCUT2D eigenvalue weighted by Gasteiger charge is 2.41. The summed E-state index contributed by atoms with van der Waals surface area (Å²) in [5.74, 6) is -0.280. The van der Waals surface area contributed by atoms with Crippen LogP contribution in [0.25, 0.3) is 0 Å². The fourth-order valence-electron chi connectivity index (χ4n) is 2.00. The molecule has 2 N–H and O–H groups in total. The lowest BCUT2D eigenvalue weighted by Gasteiger charge is -2.21. The number of hydrogen-bond acceptors (Lipinski definition) is 3. The molecule has 0 fully saturated rings. The number of carbonyl (C=O) groups excluding carboxylic acids is 1. The van der Waals surface area contributed by atoms with Gasteiger partial charge in [-0.05, 0) is 13.0 Å². The first kappa shape index (κ1) is 11.1. The summed E-state index contributed by atoms with van der Waals surface area (Å²) in [4.78, 5) is 13.2. The number of fused-ring (bicyclic) bond motifs is 1. The average Bonchev–Trinajstić information content (AvgIpc) is 2.51. The lowest BCUT2D eigenvalue weighted by molar-refractivity contribution is 0.0777. The van der Waals surface area contributed by atoms with Crippen molar-refractivity contribution in [3.8, 4) is 0 Å². The molecule has 0 saturated heterocycles. The van der Waals surface area contributed by atoms with Crippen LogP contribution in [0.2, 0.25) is 0 Å². The van der Waals surface area contributed by atoms with Gasteiger partial charge < -0.3 is 4.90 Å². The molecular formula is C10H12N2O3S. The van der Waals surface area contributed by atoms with Crippen molar-refractivity contribution in [2.45, 2.75) is 12.3 Å². The van der Waals surface area contributed by atoms with Gasteiger partial charge >= 0.3 is 0 Å². The predicted octanol–water partition coefficient (Wildman–Crippen LogP) is 0.449. The van der Waals surface area contributed by atoms with Gasteiger partial charge in [0.1, 0.15) is 0 Å². The molecule has 0 aliphatic carbocycles. The van der Waals surface area contributed by atoms with Gasteiger partial charge in [-0.3, -0.25) is 4.79 Å². The number of carbonyl (C=O) groups is 1. The summed E-state index contributed by atoms with van der Waals surface area (Å²) in [5, 5.41) is 4.12. The van der Waals surface area contributed by atoms with Crippen LogP contribution < -0.4 is 5.14 Å². The van der Waals surface area contributed by atoms with Gasteiger partial charge in [0.05, 0.1) is 0 Å². The van der Waals surface area contributed by atoms with Crippen LogP contribution in [0.1, 0.15) is 28.2 Å². The third-order valence-electron chi connectivity index (χ3n) is 2.65. The Bertz CT molecular complexity index is 539. The number of nitrogens with two attached hydrogens (primary N) is 1. The molecule has 1 amide bonds. The van der Waals surface area contributed by atoms with Crippen LogP contribution in [-0.4, -0.2) is 25.8 Å². The standard InChI is InChI=1S/C10H12N2O3S/c1-2-12-9(13)7-5-3-4-6-8(7)10(12)16(11,14)15/h3-6,10H,2H2,1H3,(H2,11,14,15). The van der Waals surface area contributed by atoms with E-state index >= 15 is 0 Å². The molecule has 86 valence electrons. The van der Waals surface area contributed by atoms with E-state index in [2.05, 4.69) is 0 Å². The highest BCUT2D eigenvalue weighted by molar-refractivity contribution is 7.89. The molecule has 0 aromatic heterocycles. The van der Waals surface area contributed by atoms with Crippen LogP contribution in [0.15, 0.2) is 24.3 Å². The van der Waals surface area contributed by atoms with Crippen molar-refractivity contribution < 1.29 is 13.2 Å². The second-order valence-electron chi connectivity index (χ2n) is 3.62. The van der Waals surface area contributed by atoms with Gasteiger partial charge in [0.25, 0.3) is 5.91 Å². The Morgan fingerprint density at radius 1 is 1.38 bits per heavy atom. The lowest BCUT2D eigenvalue weighted by Crippen LogP contribution is -2.35. The normalized spacial score (nSPS) is 20.0. The van der Waals surface area contributed by atoms with Crippen LogP contribution in [0.4, 0.5) is 0 Å². The molecule has 1 heterocycles. The molecule has 1 aromatic carbocycles. The van der Waals surface area contributed by atoms with Crippen molar-refractivity contribution in [2.75, 3.05) is 6.54 Å². The van der Waals surface area contributed by atoms with Gasteiger partial charge in [0.15, 0.2) is 5.37 Å². The third-order valence-corrected chi connectivity index (χ3v) is 3.78. The molecule has 1 aliphatic heterocycles. The molecule has 1 atom stereocenters. The Balaban J connectivity index is 2.65. The fourth-order valence-corrected chi connectivity index (χ4v) is 3.16. The minimum atomic E-state index is -3.81. The summed E-state index contributed by atoms with van der Waals surface area (Å²) in [6, 6.07) is 6.64. The lowest BCUT2D eigenvalue weighted by atomic mass is 10.1. The van der Waals surface area contributed by atoms with Crippen molar-refractivity contribution >= 4 is 15.9 Å². The summed E-state index contributed by atoms with van der Waals surface area (Å²) in [7, 11) is -3.81. The van der Waals surface area contributed by atoms with E-state index in [-0.39, 0.29) is 5.91 Å². The zero-order valence-corrected chi connectivity index (χ0v) is 9.57. The molecule has 16 heavy (non-hydrogen) atoms. The molecule has 0 spiro atoms. The molecule has 0 radical (unpaired) electrons. The van der Waals surface area contributed by atoms with E-state index in [1.807, 2.05) is 0 Å². The zero-order chi connectivity index (χ0) is 11.9. The van der Waals surface area contributed by atoms with Crippen molar-refractivity contribution in [1.82, 2.24) is 4.90 Å². The van der Waals surface area contributed by atoms with E-state index in [0.717, 1.165) is 0 Å². The quantitative estimate of drug-likeness (QED) is 0.815. The number of hydrogen-bond donors (Lipinski definition) is 1. The molecule has 5 nitrogen and oxygen atoms in total. The molecule has 0 bridgehead atoms. The summed E-state index contributed by atoms with van der Waals surface area (Å²) < 4.78 is 23.0. The first-order valence-corrected chi connectivity index (χ1v) is 6.49. The summed E-state index contributed by atoms with van der Waals surface area (Å²) in [6.45, 7) is 2.04. The zero-order valence-electron chi connectivity index (χ0n) is 8.75. The monoisotopic (exact) mass is 240 g/mol. The number of benzene rings is 1. The van der Waals surface area contributed by atoms with Crippen LogP contribution in [0, 0.1) is 0 Å². The Hall–Kier alpha value is -1.40.